The largest absolute Gasteiger partial charge is 0.380 e. The molecule has 0 aliphatic rings. The van der Waals surface area contributed by atoms with Crippen molar-refractivity contribution in [1.29, 1.82) is 0 Å². The second-order valence-corrected chi connectivity index (χ2v) is 5.75. The molecule has 0 atom stereocenters. The number of methoxy groups -OCH3 is 1. The van der Waals surface area contributed by atoms with Crippen LogP contribution >= 0.6 is 11.3 Å². The van der Waals surface area contributed by atoms with E-state index in [0.29, 0.717) is 12.3 Å². The fourth-order valence-corrected chi connectivity index (χ4v) is 3.23. The number of thiophene rings is 1. The van der Waals surface area contributed by atoms with E-state index in [-0.39, 0.29) is 5.91 Å². The van der Waals surface area contributed by atoms with Gasteiger partial charge in [0.25, 0.3) is 5.91 Å². The summed E-state index contributed by atoms with van der Waals surface area (Å²) in [5.74, 6) is -0.107. The van der Waals surface area contributed by atoms with Crippen molar-refractivity contribution in [2.24, 2.45) is 7.05 Å². The number of nitrogens with zero attached hydrogens (tertiary/aromatic N) is 1. The van der Waals surface area contributed by atoms with E-state index < -0.39 is 0 Å². The summed E-state index contributed by atoms with van der Waals surface area (Å²) < 4.78 is 8.20. The lowest BCUT2D eigenvalue weighted by Crippen LogP contribution is -2.16. The third-order valence-corrected chi connectivity index (χ3v) is 4.32. The zero-order chi connectivity index (χ0) is 14.8. The Bertz CT molecular complexity index is 789. The summed E-state index contributed by atoms with van der Waals surface area (Å²) in [6.45, 7) is 0.471. The number of carbonyl (C=O) groups excluding carboxylic acids is 1. The molecule has 0 aliphatic carbocycles. The summed E-state index contributed by atoms with van der Waals surface area (Å²) in [7, 11) is 3.55. The molecule has 0 fully saturated rings. The molecular formula is C16H16N2O2S. The monoisotopic (exact) mass is 300 g/mol. The molecule has 3 aromatic rings. The van der Waals surface area contributed by atoms with E-state index in [9.17, 15) is 4.79 Å². The molecule has 21 heavy (non-hydrogen) atoms. The molecule has 0 radical (unpaired) electrons. The second kappa shape index (κ2) is 5.71. The highest BCUT2D eigenvalue weighted by atomic mass is 32.1. The molecule has 2 heterocycles. The minimum Gasteiger partial charge on any atom is -0.380 e. The van der Waals surface area contributed by atoms with Crippen molar-refractivity contribution >= 4 is 33.1 Å². The van der Waals surface area contributed by atoms with Crippen molar-refractivity contribution in [3.63, 3.8) is 0 Å². The molecular weight excluding hydrogens is 284 g/mol. The van der Waals surface area contributed by atoms with Crippen molar-refractivity contribution < 1.29 is 9.53 Å². The van der Waals surface area contributed by atoms with Crippen LogP contribution in [0.25, 0.3) is 10.2 Å². The average molecular weight is 300 g/mol. The van der Waals surface area contributed by atoms with Crippen LogP contribution in [0.5, 0.6) is 0 Å². The molecule has 108 valence electrons. The maximum atomic E-state index is 12.5. The first-order chi connectivity index (χ1) is 10.2. The van der Waals surface area contributed by atoms with Crippen LogP contribution < -0.4 is 5.32 Å². The van der Waals surface area contributed by atoms with Gasteiger partial charge in [-0.15, -0.1) is 11.3 Å². The number of hydrogen-bond donors (Lipinski definition) is 1. The third kappa shape index (κ3) is 2.57. The quantitative estimate of drug-likeness (QED) is 0.799. The average Bonchev–Trinajstić information content (AvgIpc) is 3.05. The van der Waals surface area contributed by atoms with Gasteiger partial charge >= 0.3 is 0 Å². The van der Waals surface area contributed by atoms with Crippen LogP contribution in [0.4, 0.5) is 5.69 Å². The Labute approximate surface area is 127 Å². The van der Waals surface area contributed by atoms with E-state index in [1.165, 1.54) is 0 Å². The number of fused-ring (bicyclic) bond motifs is 1. The van der Waals surface area contributed by atoms with E-state index in [0.717, 1.165) is 21.5 Å². The summed E-state index contributed by atoms with van der Waals surface area (Å²) >= 11 is 1.64. The smallest absolute Gasteiger partial charge is 0.272 e. The van der Waals surface area contributed by atoms with E-state index in [2.05, 4.69) is 5.32 Å². The number of amides is 1. The van der Waals surface area contributed by atoms with Crippen LogP contribution in [0, 0.1) is 0 Å². The van der Waals surface area contributed by atoms with Gasteiger partial charge in [0, 0.05) is 25.4 Å². The van der Waals surface area contributed by atoms with Gasteiger partial charge in [0.05, 0.1) is 16.8 Å². The molecule has 0 unspecified atom stereocenters. The van der Waals surface area contributed by atoms with E-state index >= 15 is 0 Å². The molecule has 0 spiro atoms. The van der Waals surface area contributed by atoms with Gasteiger partial charge in [-0.05, 0) is 23.6 Å². The van der Waals surface area contributed by atoms with Gasteiger partial charge in [-0.3, -0.25) is 4.79 Å². The highest BCUT2D eigenvalue weighted by Crippen LogP contribution is 2.25. The predicted molar refractivity (Wildman–Crippen MR) is 85.9 cm³/mol. The Hall–Kier alpha value is -2.11. The summed E-state index contributed by atoms with van der Waals surface area (Å²) in [6, 6.07) is 11.6. The molecule has 4 nitrogen and oxygen atoms in total. The summed E-state index contributed by atoms with van der Waals surface area (Å²) in [6.07, 6.45) is 0. The normalized spacial score (nSPS) is 11.0. The highest BCUT2D eigenvalue weighted by molar-refractivity contribution is 7.17. The number of nitrogens with one attached hydrogen (secondary N) is 1. The first-order valence-electron chi connectivity index (χ1n) is 6.62. The van der Waals surface area contributed by atoms with E-state index in [1.54, 1.807) is 18.4 Å². The molecule has 5 heteroatoms. The number of anilines is 1. The molecule has 1 amide bonds. The van der Waals surface area contributed by atoms with Crippen LogP contribution in [-0.2, 0) is 18.4 Å². The lowest BCUT2D eigenvalue weighted by atomic mass is 10.2. The summed E-state index contributed by atoms with van der Waals surface area (Å²) in [4.78, 5) is 12.5. The third-order valence-electron chi connectivity index (χ3n) is 3.46. The first-order valence-corrected chi connectivity index (χ1v) is 7.50. The maximum absolute atomic E-state index is 12.5. The van der Waals surface area contributed by atoms with Crippen LogP contribution in [-0.4, -0.2) is 17.6 Å². The summed E-state index contributed by atoms with van der Waals surface area (Å²) in [5, 5.41) is 5.00. The van der Waals surface area contributed by atoms with Crippen molar-refractivity contribution in [3.8, 4) is 0 Å². The molecule has 0 bridgehead atoms. The van der Waals surface area contributed by atoms with Crippen LogP contribution in [0.2, 0.25) is 0 Å². The van der Waals surface area contributed by atoms with Gasteiger partial charge in [0.1, 0.15) is 5.69 Å². The highest BCUT2D eigenvalue weighted by Gasteiger charge is 2.15. The SMILES string of the molecule is COCc1ccccc1NC(=O)c1cc2sccc2n1C. The van der Waals surface area contributed by atoms with Crippen LogP contribution in [0.3, 0.4) is 0 Å². The first kappa shape index (κ1) is 13.9. The number of hydrogen-bond acceptors (Lipinski definition) is 3. The zero-order valence-corrected chi connectivity index (χ0v) is 12.7. The van der Waals surface area contributed by atoms with Gasteiger partial charge in [0.15, 0.2) is 0 Å². The number of carbonyl (C=O) groups is 1. The van der Waals surface area contributed by atoms with Crippen molar-refractivity contribution in [2.75, 3.05) is 12.4 Å². The predicted octanol–water partition coefficient (Wildman–Crippen LogP) is 3.64. The van der Waals surface area contributed by atoms with Crippen LogP contribution in [0.15, 0.2) is 41.8 Å². The van der Waals surface area contributed by atoms with Gasteiger partial charge in [-0.25, -0.2) is 0 Å². The van der Waals surface area contributed by atoms with Crippen molar-refractivity contribution in [3.05, 3.63) is 53.0 Å². The number of para-hydroxylation sites is 1. The molecule has 0 saturated carbocycles. The van der Waals surface area contributed by atoms with E-state index in [1.807, 2.05) is 53.4 Å². The van der Waals surface area contributed by atoms with Crippen molar-refractivity contribution in [1.82, 2.24) is 4.57 Å². The number of benzene rings is 1. The van der Waals surface area contributed by atoms with Gasteiger partial charge in [-0.1, -0.05) is 18.2 Å². The standard InChI is InChI=1S/C16H16N2O2S/c1-18-13-7-8-21-15(13)9-14(18)16(19)17-12-6-4-3-5-11(12)10-20-2/h3-9H,10H2,1-2H3,(H,17,19). The van der Waals surface area contributed by atoms with Gasteiger partial charge < -0.3 is 14.6 Å². The maximum Gasteiger partial charge on any atom is 0.272 e. The number of ether oxygens (including phenoxy) is 1. The Morgan fingerprint density at radius 2 is 2.14 bits per heavy atom. The lowest BCUT2D eigenvalue weighted by Gasteiger charge is -2.11. The fourth-order valence-electron chi connectivity index (χ4n) is 2.38. The molecule has 3 rings (SSSR count). The number of aryl methyl sites for hydroxylation is 1. The Morgan fingerprint density at radius 3 is 2.90 bits per heavy atom. The molecule has 2 aromatic heterocycles. The Morgan fingerprint density at radius 1 is 1.33 bits per heavy atom. The molecule has 0 aliphatic heterocycles. The van der Waals surface area contributed by atoms with Gasteiger partial charge in [-0.2, -0.15) is 0 Å². The Kier molecular flexibility index (Phi) is 3.77. The van der Waals surface area contributed by atoms with Gasteiger partial charge in [0.2, 0.25) is 0 Å². The number of rotatable bonds is 4. The van der Waals surface area contributed by atoms with Crippen molar-refractivity contribution in [2.45, 2.75) is 6.61 Å². The van der Waals surface area contributed by atoms with Crippen LogP contribution in [0.1, 0.15) is 16.1 Å². The minimum atomic E-state index is -0.107. The zero-order valence-electron chi connectivity index (χ0n) is 11.9. The number of aromatic nitrogens is 1. The topological polar surface area (TPSA) is 43.3 Å². The fraction of sp³-hybridized carbons (Fsp3) is 0.188. The van der Waals surface area contributed by atoms with E-state index in [4.69, 9.17) is 4.74 Å². The molecule has 1 N–H and O–H groups in total. The molecule has 0 saturated heterocycles. The summed E-state index contributed by atoms with van der Waals surface area (Å²) in [5.41, 5.74) is 3.48. The lowest BCUT2D eigenvalue weighted by molar-refractivity contribution is 0.101. The molecule has 1 aromatic carbocycles. The Balaban J connectivity index is 1.89. The minimum absolute atomic E-state index is 0.107. The second-order valence-electron chi connectivity index (χ2n) is 4.80.